The lowest BCUT2D eigenvalue weighted by Gasteiger charge is -2.15. The molecule has 1 atom stereocenters. The molecule has 2 rings (SSSR count). The smallest absolute Gasteiger partial charge is 0.368 e. The molecule has 2 N–H and O–H groups in total. The number of halogens is 4. The predicted molar refractivity (Wildman–Crippen MR) is 80.4 cm³/mol. The lowest BCUT2D eigenvalue weighted by Crippen LogP contribution is -2.19. The first-order chi connectivity index (χ1) is 11.2. The summed E-state index contributed by atoms with van der Waals surface area (Å²) < 4.78 is 51.9. The van der Waals surface area contributed by atoms with Crippen LogP contribution in [0.4, 0.5) is 17.6 Å². The monoisotopic (exact) mass is 354 g/mol. The van der Waals surface area contributed by atoms with Gasteiger partial charge in [-0.3, -0.25) is 4.79 Å². The van der Waals surface area contributed by atoms with Gasteiger partial charge < -0.3 is 5.73 Å². The summed E-state index contributed by atoms with van der Waals surface area (Å²) >= 11 is 0.799. The Morgan fingerprint density at radius 1 is 1.17 bits per heavy atom. The summed E-state index contributed by atoms with van der Waals surface area (Å²) in [6.45, 7) is 0. The number of primary amides is 1. The van der Waals surface area contributed by atoms with Crippen molar-refractivity contribution in [1.82, 2.24) is 0 Å². The van der Waals surface area contributed by atoms with Crippen molar-refractivity contribution in [2.24, 2.45) is 5.73 Å². The van der Waals surface area contributed by atoms with Crippen molar-refractivity contribution in [3.63, 3.8) is 0 Å². The zero-order chi connectivity index (χ0) is 17.9. The zero-order valence-electron chi connectivity index (χ0n) is 12.0. The molecule has 0 aromatic heterocycles. The molecule has 124 valence electrons. The largest absolute Gasteiger partial charge is 0.417 e. The van der Waals surface area contributed by atoms with Gasteiger partial charge >= 0.3 is 6.18 Å². The highest BCUT2D eigenvalue weighted by Crippen LogP contribution is 2.39. The standard InChI is InChI=1S/C16H10F4N2OS/c17-11-4-1-9(2-5-11)14(15(22)23)24-12-6-3-10(8-21)13(7-12)16(18,19)20/h1-7,14H,(H2,22,23). The average Bonchev–Trinajstić information content (AvgIpc) is 2.52. The highest BCUT2D eigenvalue weighted by Gasteiger charge is 2.34. The van der Waals surface area contributed by atoms with Crippen molar-refractivity contribution < 1.29 is 22.4 Å². The van der Waals surface area contributed by atoms with E-state index in [0.29, 0.717) is 5.56 Å². The second kappa shape index (κ2) is 6.93. The number of benzene rings is 2. The molecule has 0 saturated heterocycles. The third kappa shape index (κ3) is 4.06. The predicted octanol–water partition coefficient (Wildman–Crippen LogP) is 4.03. The molecule has 8 heteroatoms. The van der Waals surface area contributed by atoms with Crippen LogP contribution < -0.4 is 5.73 Å². The highest BCUT2D eigenvalue weighted by molar-refractivity contribution is 8.00. The first kappa shape index (κ1) is 17.8. The Bertz CT molecular complexity index is 797. The van der Waals surface area contributed by atoms with Gasteiger partial charge in [0.25, 0.3) is 0 Å². The number of nitrogens with two attached hydrogens (primary N) is 1. The maximum Gasteiger partial charge on any atom is 0.417 e. The Morgan fingerprint density at radius 2 is 1.79 bits per heavy atom. The quantitative estimate of drug-likeness (QED) is 0.666. The van der Waals surface area contributed by atoms with Crippen molar-refractivity contribution in [2.45, 2.75) is 16.3 Å². The number of carbonyl (C=O) groups is 1. The van der Waals surface area contributed by atoms with Crippen molar-refractivity contribution in [1.29, 1.82) is 5.26 Å². The fourth-order valence-electron chi connectivity index (χ4n) is 1.99. The second-order valence-corrected chi connectivity index (χ2v) is 5.95. The Labute approximate surface area is 139 Å². The molecule has 2 aromatic rings. The molecule has 24 heavy (non-hydrogen) atoms. The topological polar surface area (TPSA) is 66.9 Å². The fraction of sp³-hybridized carbons (Fsp3) is 0.125. The Hall–Kier alpha value is -2.53. The normalized spacial score (nSPS) is 12.5. The molecule has 3 nitrogen and oxygen atoms in total. The van der Waals surface area contributed by atoms with Gasteiger partial charge in [-0.05, 0) is 35.9 Å². The summed E-state index contributed by atoms with van der Waals surface area (Å²) in [5.74, 6) is -1.28. The van der Waals surface area contributed by atoms with Crippen LogP contribution in [0.5, 0.6) is 0 Å². The number of nitrogens with zero attached hydrogens (tertiary/aromatic N) is 1. The minimum Gasteiger partial charge on any atom is -0.368 e. The van der Waals surface area contributed by atoms with Gasteiger partial charge in [-0.1, -0.05) is 12.1 Å². The van der Waals surface area contributed by atoms with E-state index in [9.17, 15) is 22.4 Å². The zero-order valence-corrected chi connectivity index (χ0v) is 12.8. The van der Waals surface area contributed by atoms with Gasteiger partial charge in [-0.25, -0.2) is 4.39 Å². The third-order valence-corrected chi connectivity index (χ3v) is 4.37. The van der Waals surface area contributed by atoms with Crippen molar-refractivity contribution in [3.8, 4) is 6.07 Å². The molecule has 0 radical (unpaired) electrons. The van der Waals surface area contributed by atoms with E-state index >= 15 is 0 Å². The van der Waals surface area contributed by atoms with Crippen molar-refractivity contribution in [3.05, 3.63) is 65.0 Å². The van der Waals surface area contributed by atoms with E-state index in [1.807, 2.05) is 0 Å². The summed E-state index contributed by atoms with van der Waals surface area (Å²) in [6, 6.07) is 9.55. The molecule has 0 spiro atoms. The van der Waals surface area contributed by atoms with Gasteiger partial charge in [0.2, 0.25) is 5.91 Å². The summed E-state index contributed by atoms with van der Waals surface area (Å²) in [5, 5.41) is 7.79. The van der Waals surface area contributed by atoms with Gasteiger partial charge in [-0.15, -0.1) is 11.8 Å². The molecule has 0 aliphatic rings. The number of alkyl halides is 3. The van der Waals surface area contributed by atoms with E-state index in [-0.39, 0.29) is 4.90 Å². The van der Waals surface area contributed by atoms with E-state index in [4.69, 9.17) is 11.0 Å². The van der Waals surface area contributed by atoms with Gasteiger partial charge in [0.1, 0.15) is 11.1 Å². The van der Waals surface area contributed by atoms with Gasteiger partial charge in [0, 0.05) is 4.90 Å². The van der Waals surface area contributed by atoms with Crippen LogP contribution in [-0.4, -0.2) is 5.91 Å². The number of hydrogen-bond acceptors (Lipinski definition) is 3. The summed E-state index contributed by atoms with van der Waals surface area (Å²) in [4.78, 5) is 11.7. The number of thioether (sulfide) groups is 1. The lowest BCUT2D eigenvalue weighted by molar-refractivity contribution is -0.137. The molecular formula is C16H10F4N2OS. The molecule has 1 unspecified atom stereocenters. The van der Waals surface area contributed by atoms with Crippen LogP contribution in [0.3, 0.4) is 0 Å². The molecule has 0 saturated carbocycles. The van der Waals surface area contributed by atoms with Crippen LogP contribution in [-0.2, 0) is 11.0 Å². The van der Waals surface area contributed by atoms with Gasteiger partial charge in [0.15, 0.2) is 0 Å². The van der Waals surface area contributed by atoms with E-state index in [1.54, 1.807) is 0 Å². The number of hydrogen-bond donors (Lipinski definition) is 1. The van der Waals surface area contributed by atoms with Crippen molar-refractivity contribution in [2.75, 3.05) is 0 Å². The number of rotatable bonds is 4. The maximum atomic E-state index is 13.0. The maximum absolute atomic E-state index is 13.0. The Morgan fingerprint density at radius 3 is 2.29 bits per heavy atom. The summed E-state index contributed by atoms with van der Waals surface area (Å²) in [6.07, 6.45) is -4.69. The van der Waals surface area contributed by atoms with Crippen LogP contribution in [0.15, 0.2) is 47.4 Å². The number of amides is 1. The van der Waals surface area contributed by atoms with Gasteiger partial charge in [0.05, 0.1) is 17.2 Å². The third-order valence-electron chi connectivity index (χ3n) is 3.10. The van der Waals surface area contributed by atoms with Crippen LogP contribution >= 0.6 is 11.8 Å². The van der Waals surface area contributed by atoms with E-state index in [1.165, 1.54) is 24.3 Å². The van der Waals surface area contributed by atoms with Crippen LogP contribution in [0.2, 0.25) is 0 Å². The molecule has 0 bridgehead atoms. The van der Waals surface area contributed by atoms with E-state index in [0.717, 1.165) is 36.0 Å². The minimum absolute atomic E-state index is 0.120. The molecule has 0 aliphatic heterocycles. The lowest BCUT2D eigenvalue weighted by atomic mass is 10.1. The summed E-state index contributed by atoms with van der Waals surface area (Å²) in [7, 11) is 0. The van der Waals surface area contributed by atoms with Crippen molar-refractivity contribution >= 4 is 17.7 Å². The SMILES string of the molecule is N#Cc1ccc(SC(C(N)=O)c2ccc(F)cc2)cc1C(F)(F)F. The molecule has 1 amide bonds. The van der Waals surface area contributed by atoms with Crippen LogP contribution in [0.1, 0.15) is 21.9 Å². The fourth-order valence-corrected chi connectivity index (χ4v) is 3.01. The Kier molecular flexibility index (Phi) is 5.14. The number of carbonyl (C=O) groups excluding carboxylic acids is 1. The summed E-state index contributed by atoms with van der Waals surface area (Å²) in [5.41, 5.74) is 4.08. The average molecular weight is 354 g/mol. The van der Waals surface area contributed by atoms with E-state index in [2.05, 4.69) is 0 Å². The van der Waals surface area contributed by atoms with Crippen LogP contribution in [0.25, 0.3) is 0 Å². The first-order valence-corrected chi connectivity index (χ1v) is 7.43. The first-order valence-electron chi connectivity index (χ1n) is 6.55. The molecule has 0 aliphatic carbocycles. The Balaban J connectivity index is 2.39. The molecule has 0 heterocycles. The molecular weight excluding hydrogens is 344 g/mol. The highest BCUT2D eigenvalue weighted by atomic mass is 32.2. The number of nitriles is 1. The molecule has 0 fully saturated rings. The molecule has 2 aromatic carbocycles. The minimum atomic E-state index is -4.69. The second-order valence-electron chi connectivity index (χ2n) is 4.77. The van der Waals surface area contributed by atoms with Crippen LogP contribution in [0, 0.1) is 17.1 Å². The van der Waals surface area contributed by atoms with E-state index < -0.39 is 34.3 Å². The van der Waals surface area contributed by atoms with Gasteiger partial charge in [-0.2, -0.15) is 18.4 Å².